The van der Waals surface area contributed by atoms with Crippen molar-refractivity contribution in [2.75, 3.05) is 0 Å². The summed E-state index contributed by atoms with van der Waals surface area (Å²) in [5.41, 5.74) is 5.50. The van der Waals surface area contributed by atoms with Crippen molar-refractivity contribution in [3.8, 4) is 0 Å². The van der Waals surface area contributed by atoms with Gasteiger partial charge < -0.3 is 5.73 Å². The molecule has 0 unspecified atom stereocenters. The number of allylic oxidation sites excluding steroid dienone is 2. The van der Waals surface area contributed by atoms with Crippen LogP contribution in [-0.4, -0.2) is 0 Å². The minimum absolute atomic E-state index is 0.519. The van der Waals surface area contributed by atoms with Crippen molar-refractivity contribution in [3.63, 3.8) is 0 Å². The molecular weight excluding hydrogens is 98.1 g/mol. The van der Waals surface area contributed by atoms with E-state index >= 15 is 0 Å². The topological polar surface area (TPSA) is 26.0 Å². The van der Waals surface area contributed by atoms with Crippen molar-refractivity contribution in [1.82, 2.24) is 0 Å². The average Bonchev–Trinajstić information content (AvgIpc) is 1.69. The Hall–Kier alpha value is -0.980. The van der Waals surface area contributed by atoms with Crippen molar-refractivity contribution in [2.24, 2.45) is 5.73 Å². The van der Waals surface area contributed by atoms with Crippen LogP contribution in [0.25, 0.3) is 0 Å². The van der Waals surface area contributed by atoms with Crippen LogP contribution >= 0.6 is 0 Å². The second kappa shape index (κ2) is 9.39. The minimum Gasteiger partial charge on any atom is -0.399 e. The van der Waals surface area contributed by atoms with E-state index in [4.69, 9.17) is 5.73 Å². The van der Waals surface area contributed by atoms with Gasteiger partial charge in [-0.3, -0.25) is 0 Å². The second-order valence-electron chi connectivity index (χ2n) is 1.19. The highest BCUT2D eigenvalue weighted by atomic mass is 14.5. The number of nitrogens with two attached hydrogens (primary N) is 1. The molecule has 0 fully saturated rings. The molecule has 0 aromatic rings. The van der Waals surface area contributed by atoms with Crippen LogP contribution in [0, 0.1) is 0 Å². The van der Waals surface area contributed by atoms with Crippen LogP contribution in [0.2, 0.25) is 0 Å². The third kappa shape index (κ3) is 78.0. The quantitative estimate of drug-likeness (QED) is 0.405. The minimum atomic E-state index is 0.519. The Balaban J connectivity index is 0. The maximum atomic E-state index is 4.98. The lowest BCUT2D eigenvalue weighted by atomic mass is 10.5. The molecule has 1 heteroatoms. The molecule has 0 saturated carbocycles. The predicted molar refractivity (Wildman–Crippen MR) is 39.4 cm³/mol. The molecule has 0 heterocycles. The first-order valence-electron chi connectivity index (χ1n) is 2.32. The van der Waals surface area contributed by atoms with Gasteiger partial charge in [-0.2, -0.15) is 0 Å². The van der Waals surface area contributed by atoms with Gasteiger partial charge in [0.25, 0.3) is 0 Å². The Bertz CT molecular complexity index is 82.4. The molecule has 0 aliphatic rings. The van der Waals surface area contributed by atoms with E-state index in [1.54, 1.807) is 6.08 Å². The van der Waals surface area contributed by atoms with E-state index in [-0.39, 0.29) is 0 Å². The molecule has 1 nitrogen and oxygen atoms in total. The molecule has 46 valence electrons. The third-order valence-corrected chi connectivity index (χ3v) is 0.262. The van der Waals surface area contributed by atoms with Crippen molar-refractivity contribution in [2.45, 2.75) is 6.92 Å². The molecule has 0 atom stereocenters. The van der Waals surface area contributed by atoms with Gasteiger partial charge in [-0.05, 0) is 13.0 Å². The van der Waals surface area contributed by atoms with E-state index in [9.17, 15) is 0 Å². The lowest BCUT2D eigenvalue weighted by Gasteiger charge is -1.74. The Morgan fingerprint density at radius 2 is 1.62 bits per heavy atom. The predicted octanol–water partition coefficient (Wildman–Crippen LogP) is 1.84. The van der Waals surface area contributed by atoms with Crippen molar-refractivity contribution < 1.29 is 0 Å². The van der Waals surface area contributed by atoms with Gasteiger partial charge in [-0.1, -0.05) is 19.2 Å². The molecule has 2 N–H and O–H groups in total. The summed E-state index contributed by atoms with van der Waals surface area (Å²) in [6, 6.07) is 0. The molecule has 0 spiro atoms. The van der Waals surface area contributed by atoms with Crippen molar-refractivity contribution in [3.05, 3.63) is 37.6 Å². The zero-order chi connectivity index (χ0) is 6.99. The summed E-state index contributed by atoms with van der Waals surface area (Å²) in [7, 11) is 0. The van der Waals surface area contributed by atoms with Crippen LogP contribution in [0.15, 0.2) is 37.6 Å². The summed E-state index contributed by atoms with van der Waals surface area (Å²) >= 11 is 0. The molecule has 0 bridgehead atoms. The molecule has 0 amide bonds. The standard InChI is InChI=1S/C4H7N.C3H6/c1-3-4(2)5;1-3-2/h3H,1-2,5H2;3H,1H2,2H3. The first-order chi connectivity index (χ1) is 3.68. The van der Waals surface area contributed by atoms with Crippen LogP contribution in [0.1, 0.15) is 6.92 Å². The maximum absolute atomic E-state index is 4.98. The third-order valence-electron chi connectivity index (χ3n) is 0.262. The maximum Gasteiger partial charge on any atom is 0.0234 e. The fourth-order valence-electron chi connectivity index (χ4n) is 0. The van der Waals surface area contributed by atoms with Crippen molar-refractivity contribution >= 4 is 0 Å². The Kier molecular flexibility index (Phi) is 11.8. The SMILES string of the molecule is C=CC.C=CC(=C)N. The van der Waals surface area contributed by atoms with Gasteiger partial charge in [0.05, 0.1) is 0 Å². The summed E-state index contributed by atoms with van der Waals surface area (Å²) < 4.78 is 0. The molecule has 0 aromatic carbocycles. The van der Waals surface area contributed by atoms with Crippen LogP contribution < -0.4 is 5.73 Å². The summed E-state index contributed by atoms with van der Waals surface area (Å²) in [5.74, 6) is 0. The van der Waals surface area contributed by atoms with Gasteiger partial charge in [0.15, 0.2) is 0 Å². The highest BCUT2D eigenvalue weighted by Gasteiger charge is 1.58. The fourth-order valence-corrected chi connectivity index (χ4v) is 0. The lowest BCUT2D eigenvalue weighted by molar-refractivity contribution is 1.46. The number of rotatable bonds is 1. The lowest BCUT2D eigenvalue weighted by Crippen LogP contribution is -1.86. The Labute approximate surface area is 51.2 Å². The zero-order valence-corrected chi connectivity index (χ0v) is 5.35. The smallest absolute Gasteiger partial charge is 0.0234 e. The largest absolute Gasteiger partial charge is 0.399 e. The Morgan fingerprint density at radius 3 is 1.62 bits per heavy atom. The van der Waals surface area contributed by atoms with Crippen molar-refractivity contribution in [1.29, 1.82) is 0 Å². The number of hydrogen-bond donors (Lipinski definition) is 1. The van der Waals surface area contributed by atoms with Gasteiger partial charge in [0.1, 0.15) is 0 Å². The van der Waals surface area contributed by atoms with Gasteiger partial charge in [0.2, 0.25) is 0 Å². The molecule has 0 aliphatic heterocycles. The van der Waals surface area contributed by atoms with Gasteiger partial charge >= 0.3 is 0 Å². The highest BCUT2D eigenvalue weighted by Crippen LogP contribution is 1.69. The highest BCUT2D eigenvalue weighted by molar-refractivity contribution is 5.04. The first kappa shape index (κ1) is 10.1. The Morgan fingerprint density at radius 1 is 1.50 bits per heavy atom. The molecular formula is C7H13N. The summed E-state index contributed by atoms with van der Waals surface area (Å²) in [4.78, 5) is 0. The van der Waals surface area contributed by atoms with Crippen LogP contribution in [0.3, 0.4) is 0 Å². The average molecular weight is 111 g/mol. The number of hydrogen-bond acceptors (Lipinski definition) is 1. The van der Waals surface area contributed by atoms with Crippen LogP contribution in [0.4, 0.5) is 0 Å². The molecule has 0 rings (SSSR count). The second-order valence-corrected chi connectivity index (χ2v) is 1.19. The van der Waals surface area contributed by atoms with Crippen LogP contribution in [-0.2, 0) is 0 Å². The molecule has 0 radical (unpaired) electrons. The van der Waals surface area contributed by atoms with Gasteiger partial charge in [-0.15, -0.1) is 6.58 Å². The summed E-state index contributed by atoms with van der Waals surface area (Å²) in [6.07, 6.45) is 3.25. The summed E-state index contributed by atoms with van der Waals surface area (Å²) in [5, 5.41) is 0. The summed E-state index contributed by atoms with van der Waals surface area (Å²) in [6.45, 7) is 11.9. The van der Waals surface area contributed by atoms with E-state index in [1.807, 2.05) is 6.92 Å². The fraction of sp³-hybridized carbons (Fsp3) is 0.143. The van der Waals surface area contributed by atoms with E-state index in [1.165, 1.54) is 6.08 Å². The monoisotopic (exact) mass is 111 g/mol. The van der Waals surface area contributed by atoms with Gasteiger partial charge in [-0.25, -0.2) is 0 Å². The van der Waals surface area contributed by atoms with E-state index in [2.05, 4.69) is 19.7 Å². The van der Waals surface area contributed by atoms with Gasteiger partial charge in [0, 0.05) is 5.70 Å². The molecule has 0 aromatic heterocycles. The molecule has 0 saturated heterocycles. The van der Waals surface area contributed by atoms with Crippen LogP contribution in [0.5, 0.6) is 0 Å². The first-order valence-corrected chi connectivity index (χ1v) is 2.32. The molecule has 0 aliphatic carbocycles. The van der Waals surface area contributed by atoms with E-state index in [0.717, 1.165) is 0 Å². The normalized spacial score (nSPS) is 5.62. The zero-order valence-electron chi connectivity index (χ0n) is 5.35. The molecule has 8 heavy (non-hydrogen) atoms. The van der Waals surface area contributed by atoms with E-state index < -0.39 is 0 Å². The van der Waals surface area contributed by atoms with E-state index in [0.29, 0.717) is 5.70 Å².